The number of amides is 1. The van der Waals surface area contributed by atoms with Gasteiger partial charge in [0.2, 0.25) is 0 Å². The molecule has 188 valence electrons. The van der Waals surface area contributed by atoms with Crippen molar-refractivity contribution in [3.8, 4) is 11.5 Å². The first-order valence-corrected chi connectivity index (χ1v) is 12.1. The van der Waals surface area contributed by atoms with Crippen LogP contribution in [0.2, 0.25) is 0 Å². The van der Waals surface area contributed by atoms with Gasteiger partial charge in [0.15, 0.2) is 0 Å². The minimum absolute atomic E-state index is 0.0411. The van der Waals surface area contributed by atoms with E-state index in [2.05, 4.69) is 4.98 Å². The summed E-state index contributed by atoms with van der Waals surface area (Å²) in [5.74, 6) is -0.359. The maximum Gasteiger partial charge on any atom is 0.295 e. The van der Waals surface area contributed by atoms with Gasteiger partial charge in [0.25, 0.3) is 11.7 Å². The number of aromatic nitrogens is 1. The third kappa shape index (κ3) is 4.56. The molecule has 2 heterocycles. The van der Waals surface area contributed by atoms with Crippen LogP contribution in [0.3, 0.4) is 0 Å². The van der Waals surface area contributed by atoms with Gasteiger partial charge in [0.1, 0.15) is 17.3 Å². The van der Waals surface area contributed by atoms with Gasteiger partial charge in [-0.3, -0.25) is 9.59 Å². The van der Waals surface area contributed by atoms with E-state index in [0.29, 0.717) is 22.6 Å². The fourth-order valence-corrected chi connectivity index (χ4v) is 4.80. The molecule has 0 aliphatic carbocycles. The smallest absolute Gasteiger partial charge is 0.295 e. The van der Waals surface area contributed by atoms with Crippen LogP contribution in [0.1, 0.15) is 36.6 Å². The normalized spacial score (nSPS) is 17.1. The van der Waals surface area contributed by atoms with Gasteiger partial charge in [-0.2, -0.15) is 0 Å². The number of ketones is 1. The summed E-state index contributed by atoms with van der Waals surface area (Å²) in [4.78, 5) is 31.5. The highest BCUT2D eigenvalue weighted by molar-refractivity contribution is 6.46. The van der Waals surface area contributed by atoms with E-state index >= 15 is 0 Å². The van der Waals surface area contributed by atoms with E-state index in [9.17, 15) is 14.7 Å². The van der Waals surface area contributed by atoms with Crippen molar-refractivity contribution in [3.63, 3.8) is 0 Å². The van der Waals surface area contributed by atoms with Crippen LogP contribution < -0.4 is 9.47 Å². The predicted molar refractivity (Wildman–Crippen MR) is 141 cm³/mol. The number of aromatic amines is 1. The fraction of sp³-hybridized carbons (Fsp3) is 0.200. The number of carbonyl (C=O) groups is 2. The van der Waals surface area contributed by atoms with E-state index in [1.165, 1.54) is 4.90 Å². The number of carbonyl (C=O) groups excluding carboxylic acids is 2. The van der Waals surface area contributed by atoms with Crippen LogP contribution in [-0.4, -0.2) is 39.9 Å². The second kappa shape index (κ2) is 9.85. The molecule has 3 aromatic carbocycles. The Morgan fingerprint density at radius 1 is 1.00 bits per heavy atom. The summed E-state index contributed by atoms with van der Waals surface area (Å²) in [5.41, 5.74) is 2.79. The van der Waals surface area contributed by atoms with Gasteiger partial charge in [-0.05, 0) is 55.3 Å². The number of hydrogen-bond acceptors (Lipinski definition) is 5. The quantitative estimate of drug-likeness (QED) is 0.198. The number of aliphatic hydroxyl groups is 1. The number of nitrogens with one attached hydrogen (secondary N) is 1. The van der Waals surface area contributed by atoms with Gasteiger partial charge in [-0.15, -0.1) is 0 Å². The molecule has 2 N–H and O–H groups in total. The molecule has 0 bridgehead atoms. The van der Waals surface area contributed by atoms with Gasteiger partial charge in [0.05, 0.1) is 24.8 Å². The number of likely N-dealkylation sites (tertiary alicyclic amines) is 1. The molecule has 0 radical (unpaired) electrons. The lowest BCUT2D eigenvalue weighted by Crippen LogP contribution is -2.29. The van der Waals surface area contributed by atoms with E-state index in [1.807, 2.05) is 86.6 Å². The number of ether oxygens (including phenoxy) is 2. The van der Waals surface area contributed by atoms with Crippen molar-refractivity contribution in [1.29, 1.82) is 0 Å². The van der Waals surface area contributed by atoms with Gasteiger partial charge in [0, 0.05) is 29.2 Å². The lowest BCUT2D eigenvalue weighted by atomic mass is 9.95. The third-order valence-corrected chi connectivity index (χ3v) is 6.42. The molecule has 1 aliphatic rings. The standard InChI is InChI=1S/C30H28N2O5/c1-18(2)37-22-11-7-9-20(15-22)27-26(28(33)24-16-31-25-13-5-4-12-23(24)25)29(34)30(35)32(27)17-19-8-6-10-21(14-19)36-3/h4-16,18,27,31,33H,17H2,1-3H3/b28-26-. The third-order valence-electron chi connectivity index (χ3n) is 6.42. The van der Waals surface area contributed by atoms with Crippen molar-refractivity contribution in [2.75, 3.05) is 7.11 Å². The summed E-state index contributed by atoms with van der Waals surface area (Å²) in [6.45, 7) is 4.02. The number of methoxy groups -OCH3 is 1. The number of Topliss-reactive ketones (excluding diaryl/α,β-unsaturated/α-hetero) is 1. The Balaban J connectivity index is 1.67. The van der Waals surface area contributed by atoms with Crippen LogP contribution in [0, 0.1) is 0 Å². The first kappa shape index (κ1) is 24.2. The second-order valence-electron chi connectivity index (χ2n) is 9.27. The van der Waals surface area contributed by atoms with Crippen molar-refractivity contribution in [2.24, 2.45) is 0 Å². The summed E-state index contributed by atoms with van der Waals surface area (Å²) in [6, 6.07) is 21.3. The lowest BCUT2D eigenvalue weighted by molar-refractivity contribution is -0.140. The van der Waals surface area contributed by atoms with Crippen LogP contribution in [0.5, 0.6) is 11.5 Å². The Morgan fingerprint density at radius 2 is 1.76 bits per heavy atom. The predicted octanol–water partition coefficient (Wildman–Crippen LogP) is 5.59. The topological polar surface area (TPSA) is 91.9 Å². The molecular formula is C30H28N2O5. The molecule has 1 aromatic heterocycles. The number of fused-ring (bicyclic) bond motifs is 1. The summed E-state index contributed by atoms with van der Waals surface area (Å²) >= 11 is 0. The maximum atomic E-state index is 13.5. The highest BCUT2D eigenvalue weighted by Gasteiger charge is 2.46. The second-order valence-corrected chi connectivity index (χ2v) is 9.27. The number of rotatable bonds is 7. The van der Waals surface area contributed by atoms with E-state index in [4.69, 9.17) is 9.47 Å². The largest absolute Gasteiger partial charge is 0.507 e. The van der Waals surface area contributed by atoms with E-state index < -0.39 is 17.7 Å². The van der Waals surface area contributed by atoms with Crippen LogP contribution in [0.4, 0.5) is 0 Å². The van der Waals surface area contributed by atoms with Gasteiger partial charge in [-0.25, -0.2) is 0 Å². The Bertz CT molecular complexity index is 1520. The Labute approximate surface area is 214 Å². The Morgan fingerprint density at radius 3 is 2.54 bits per heavy atom. The van der Waals surface area contributed by atoms with Crippen molar-refractivity contribution < 1.29 is 24.2 Å². The molecule has 1 saturated heterocycles. The average Bonchev–Trinajstić information content (AvgIpc) is 3.43. The van der Waals surface area contributed by atoms with E-state index in [-0.39, 0.29) is 24.0 Å². The summed E-state index contributed by atoms with van der Waals surface area (Å²) in [6.07, 6.45) is 1.61. The first-order valence-electron chi connectivity index (χ1n) is 12.1. The summed E-state index contributed by atoms with van der Waals surface area (Å²) in [5, 5.41) is 12.3. The molecular weight excluding hydrogens is 468 g/mol. The van der Waals surface area contributed by atoms with Crippen LogP contribution in [0.25, 0.3) is 16.7 Å². The molecule has 1 aliphatic heterocycles. The highest BCUT2D eigenvalue weighted by atomic mass is 16.5. The zero-order valence-corrected chi connectivity index (χ0v) is 20.9. The van der Waals surface area contributed by atoms with E-state index in [1.54, 1.807) is 13.3 Å². The molecule has 0 spiro atoms. The highest BCUT2D eigenvalue weighted by Crippen LogP contribution is 2.42. The number of nitrogens with zero attached hydrogens (tertiary/aromatic N) is 1. The van der Waals surface area contributed by atoms with Gasteiger partial charge < -0.3 is 24.5 Å². The molecule has 7 nitrogen and oxygen atoms in total. The Hall–Kier alpha value is -4.52. The molecule has 1 fully saturated rings. The molecule has 4 aromatic rings. The van der Waals surface area contributed by atoms with Crippen LogP contribution in [0.15, 0.2) is 84.6 Å². The SMILES string of the molecule is COc1cccc(CN2C(=O)C(=O)/C(=C(\O)c3c[nH]c4ccccc34)C2c2cccc(OC(C)C)c2)c1. The van der Waals surface area contributed by atoms with Crippen molar-refractivity contribution in [1.82, 2.24) is 9.88 Å². The van der Waals surface area contributed by atoms with Crippen LogP contribution in [-0.2, 0) is 16.1 Å². The van der Waals surface area contributed by atoms with Crippen LogP contribution >= 0.6 is 0 Å². The lowest BCUT2D eigenvalue weighted by Gasteiger charge is -2.26. The molecule has 5 rings (SSSR count). The van der Waals surface area contributed by atoms with Crippen molar-refractivity contribution in [3.05, 3.63) is 101 Å². The van der Waals surface area contributed by atoms with Gasteiger partial charge >= 0.3 is 0 Å². The molecule has 1 unspecified atom stereocenters. The molecule has 0 saturated carbocycles. The zero-order valence-electron chi connectivity index (χ0n) is 20.9. The minimum Gasteiger partial charge on any atom is -0.507 e. The molecule has 7 heteroatoms. The number of H-pyrrole nitrogens is 1. The summed E-state index contributed by atoms with van der Waals surface area (Å²) in [7, 11) is 1.58. The average molecular weight is 497 g/mol. The number of para-hydroxylation sites is 1. The van der Waals surface area contributed by atoms with Gasteiger partial charge in [-0.1, -0.05) is 42.5 Å². The van der Waals surface area contributed by atoms with Crippen molar-refractivity contribution >= 4 is 28.4 Å². The fourth-order valence-electron chi connectivity index (χ4n) is 4.80. The molecule has 1 atom stereocenters. The monoisotopic (exact) mass is 496 g/mol. The number of hydrogen-bond donors (Lipinski definition) is 2. The number of benzene rings is 3. The maximum absolute atomic E-state index is 13.5. The summed E-state index contributed by atoms with van der Waals surface area (Å²) < 4.78 is 11.2. The Kier molecular flexibility index (Phi) is 6.44. The molecule has 37 heavy (non-hydrogen) atoms. The zero-order chi connectivity index (χ0) is 26.1. The van der Waals surface area contributed by atoms with Crippen molar-refractivity contribution in [2.45, 2.75) is 32.5 Å². The first-order chi connectivity index (χ1) is 17.9. The molecule has 1 amide bonds. The minimum atomic E-state index is -0.810. The number of aliphatic hydroxyl groups excluding tert-OH is 1. The van der Waals surface area contributed by atoms with E-state index in [0.717, 1.165) is 16.5 Å².